The summed E-state index contributed by atoms with van der Waals surface area (Å²) >= 11 is 0. The molecule has 162 valence electrons. The normalized spacial score (nSPS) is 18.3. The molecule has 2 aromatic rings. The quantitative estimate of drug-likeness (QED) is 0.544. The Hall–Kier alpha value is -2.41. The van der Waals surface area contributed by atoms with Crippen LogP contribution in [0.5, 0.6) is 0 Å². The number of aliphatic imine (C=N–C) groups is 1. The van der Waals surface area contributed by atoms with Crippen LogP contribution in [-0.4, -0.2) is 44.8 Å². The van der Waals surface area contributed by atoms with Crippen molar-refractivity contribution in [1.29, 1.82) is 0 Å². The summed E-state index contributed by atoms with van der Waals surface area (Å²) in [6.45, 7) is 6.79. The largest absolute Gasteiger partial charge is 0.354 e. The van der Waals surface area contributed by atoms with Crippen molar-refractivity contribution in [2.45, 2.75) is 71.1 Å². The minimum absolute atomic E-state index is 0.514. The molecular weight excluding hydrogens is 374 g/mol. The summed E-state index contributed by atoms with van der Waals surface area (Å²) in [7, 11) is 2.00. The van der Waals surface area contributed by atoms with Crippen molar-refractivity contribution < 1.29 is 0 Å². The minimum atomic E-state index is 0.514. The fourth-order valence-electron chi connectivity index (χ4n) is 4.30. The van der Waals surface area contributed by atoms with Gasteiger partial charge in [0.25, 0.3) is 0 Å². The molecule has 0 amide bonds. The summed E-state index contributed by atoms with van der Waals surface area (Å²) in [6, 6.07) is 9.45. The van der Waals surface area contributed by atoms with Crippen molar-refractivity contribution >= 4 is 5.96 Å². The standard InChI is InChI=1S/C23H35N7/c1-18-27-28-22(29(18)2)16-25-23(26-21-7-3-4-8-21)24-15-19-9-11-20(12-10-19)17-30-13-5-6-14-30/h9-12,21H,3-8,13-17H2,1-2H3,(H2,24,25,26). The minimum Gasteiger partial charge on any atom is -0.354 e. The third-order valence-corrected chi connectivity index (χ3v) is 6.34. The monoisotopic (exact) mass is 409 g/mol. The van der Waals surface area contributed by atoms with E-state index in [0.29, 0.717) is 19.1 Å². The lowest BCUT2D eigenvalue weighted by Crippen LogP contribution is -2.42. The van der Waals surface area contributed by atoms with E-state index < -0.39 is 0 Å². The van der Waals surface area contributed by atoms with Crippen molar-refractivity contribution in [1.82, 2.24) is 30.3 Å². The second-order valence-electron chi connectivity index (χ2n) is 8.67. The van der Waals surface area contributed by atoms with Crippen molar-refractivity contribution in [3.8, 4) is 0 Å². The molecule has 1 aromatic heterocycles. The molecule has 1 aliphatic carbocycles. The van der Waals surface area contributed by atoms with E-state index in [1.165, 1.54) is 62.7 Å². The van der Waals surface area contributed by atoms with E-state index in [-0.39, 0.29) is 0 Å². The second kappa shape index (κ2) is 10.1. The summed E-state index contributed by atoms with van der Waals surface area (Å²) in [6.07, 6.45) is 7.71. The topological polar surface area (TPSA) is 70.4 Å². The third kappa shape index (κ3) is 5.59. The van der Waals surface area contributed by atoms with Gasteiger partial charge in [0.05, 0.1) is 13.1 Å². The van der Waals surface area contributed by atoms with Crippen molar-refractivity contribution in [3.63, 3.8) is 0 Å². The zero-order valence-corrected chi connectivity index (χ0v) is 18.4. The molecule has 7 heteroatoms. The molecule has 4 rings (SSSR count). The van der Waals surface area contributed by atoms with Crippen LogP contribution in [0.4, 0.5) is 0 Å². The van der Waals surface area contributed by atoms with Gasteiger partial charge in [-0.2, -0.15) is 0 Å². The molecular formula is C23H35N7. The number of guanidine groups is 1. The summed E-state index contributed by atoms with van der Waals surface area (Å²) in [5, 5.41) is 15.5. The van der Waals surface area contributed by atoms with E-state index in [1.807, 2.05) is 18.5 Å². The maximum Gasteiger partial charge on any atom is 0.192 e. The maximum atomic E-state index is 4.87. The van der Waals surface area contributed by atoms with Gasteiger partial charge in [-0.1, -0.05) is 37.1 Å². The molecule has 2 aliphatic rings. The lowest BCUT2D eigenvalue weighted by Gasteiger charge is -2.17. The van der Waals surface area contributed by atoms with Gasteiger partial charge >= 0.3 is 0 Å². The number of aryl methyl sites for hydroxylation is 1. The lowest BCUT2D eigenvalue weighted by atomic mass is 10.1. The first-order chi connectivity index (χ1) is 14.7. The number of benzene rings is 1. The van der Waals surface area contributed by atoms with Crippen LogP contribution in [0.25, 0.3) is 0 Å². The number of hydrogen-bond donors (Lipinski definition) is 2. The predicted molar refractivity (Wildman–Crippen MR) is 120 cm³/mol. The molecule has 2 fully saturated rings. The highest BCUT2D eigenvalue weighted by atomic mass is 15.3. The van der Waals surface area contributed by atoms with Gasteiger partial charge in [-0.3, -0.25) is 4.90 Å². The first-order valence-corrected chi connectivity index (χ1v) is 11.4. The Labute approximate surface area is 180 Å². The van der Waals surface area contributed by atoms with Gasteiger partial charge in [0, 0.05) is 19.6 Å². The molecule has 0 spiro atoms. The van der Waals surface area contributed by atoms with Gasteiger partial charge in [0.2, 0.25) is 0 Å². The zero-order valence-electron chi connectivity index (χ0n) is 18.4. The molecule has 0 unspecified atom stereocenters. The van der Waals surface area contributed by atoms with Gasteiger partial charge in [-0.25, -0.2) is 4.99 Å². The van der Waals surface area contributed by atoms with Crippen LogP contribution in [0.15, 0.2) is 29.3 Å². The zero-order chi connectivity index (χ0) is 20.8. The molecule has 30 heavy (non-hydrogen) atoms. The molecule has 2 N–H and O–H groups in total. The lowest BCUT2D eigenvalue weighted by molar-refractivity contribution is 0.331. The Morgan fingerprint density at radius 2 is 1.73 bits per heavy atom. The molecule has 2 heterocycles. The highest BCUT2D eigenvalue weighted by Gasteiger charge is 2.17. The number of hydrogen-bond acceptors (Lipinski definition) is 4. The summed E-state index contributed by atoms with van der Waals surface area (Å²) in [5.74, 6) is 2.70. The predicted octanol–water partition coefficient (Wildman–Crippen LogP) is 2.90. The molecule has 0 bridgehead atoms. The Kier molecular flexibility index (Phi) is 7.00. The maximum absolute atomic E-state index is 4.87. The highest BCUT2D eigenvalue weighted by Crippen LogP contribution is 2.18. The first kappa shape index (κ1) is 20.8. The molecule has 1 aromatic carbocycles. The molecule has 0 atom stereocenters. The van der Waals surface area contributed by atoms with Crippen molar-refractivity contribution in [2.24, 2.45) is 12.0 Å². The number of aromatic nitrogens is 3. The number of likely N-dealkylation sites (tertiary alicyclic amines) is 1. The number of nitrogens with one attached hydrogen (secondary N) is 2. The van der Waals surface area contributed by atoms with Crippen LogP contribution in [0.3, 0.4) is 0 Å². The number of nitrogens with zero attached hydrogens (tertiary/aromatic N) is 5. The average Bonchev–Trinajstić information content (AvgIpc) is 3.51. The summed E-state index contributed by atoms with van der Waals surface area (Å²) < 4.78 is 2.01. The first-order valence-electron chi connectivity index (χ1n) is 11.4. The van der Waals surface area contributed by atoms with Crippen LogP contribution in [0.1, 0.15) is 61.3 Å². The van der Waals surface area contributed by atoms with Gasteiger partial charge in [-0.05, 0) is 56.8 Å². The van der Waals surface area contributed by atoms with E-state index in [9.17, 15) is 0 Å². The van der Waals surface area contributed by atoms with Gasteiger partial charge in [0.15, 0.2) is 11.8 Å². The average molecular weight is 410 g/mol. The molecule has 7 nitrogen and oxygen atoms in total. The molecule has 0 radical (unpaired) electrons. The Balaban J connectivity index is 1.36. The van der Waals surface area contributed by atoms with E-state index in [1.54, 1.807) is 0 Å². The van der Waals surface area contributed by atoms with Gasteiger partial charge in [0.1, 0.15) is 5.82 Å². The molecule has 1 saturated heterocycles. The summed E-state index contributed by atoms with van der Waals surface area (Å²) in [5.41, 5.74) is 2.63. The number of rotatable bonds is 7. The second-order valence-corrected chi connectivity index (χ2v) is 8.67. The summed E-state index contributed by atoms with van der Waals surface area (Å²) in [4.78, 5) is 7.41. The van der Waals surface area contributed by atoms with Gasteiger partial charge in [-0.15, -0.1) is 10.2 Å². The SMILES string of the molecule is Cc1nnc(CNC(=NCc2ccc(CN3CCCC3)cc2)NC2CCCC2)n1C. The van der Waals surface area contributed by atoms with E-state index in [0.717, 1.165) is 24.2 Å². The van der Waals surface area contributed by atoms with Crippen molar-refractivity contribution in [3.05, 3.63) is 47.0 Å². The van der Waals surface area contributed by atoms with Crippen LogP contribution >= 0.6 is 0 Å². The van der Waals surface area contributed by atoms with Crippen LogP contribution in [0.2, 0.25) is 0 Å². The Morgan fingerprint density at radius 3 is 2.40 bits per heavy atom. The smallest absolute Gasteiger partial charge is 0.192 e. The van der Waals surface area contributed by atoms with E-state index >= 15 is 0 Å². The Bertz CT molecular complexity index is 828. The van der Waals surface area contributed by atoms with Crippen molar-refractivity contribution in [2.75, 3.05) is 13.1 Å². The fraction of sp³-hybridized carbons (Fsp3) is 0.609. The molecule has 1 saturated carbocycles. The fourth-order valence-corrected chi connectivity index (χ4v) is 4.30. The van der Waals surface area contributed by atoms with E-state index in [4.69, 9.17) is 4.99 Å². The van der Waals surface area contributed by atoms with Gasteiger partial charge < -0.3 is 15.2 Å². The van der Waals surface area contributed by atoms with Crippen LogP contribution in [0, 0.1) is 6.92 Å². The van der Waals surface area contributed by atoms with Crippen LogP contribution in [-0.2, 0) is 26.7 Å². The third-order valence-electron chi connectivity index (χ3n) is 6.34. The van der Waals surface area contributed by atoms with Crippen LogP contribution < -0.4 is 10.6 Å². The van der Waals surface area contributed by atoms with E-state index in [2.05, 4.69) is 50.0 Å². The Morgan fingerprint density at radius 1 is 1.03 bits per heavy atom. The highest BCUT2D eigenvalue weighted by molar-refractivity contribution is 5.80. The molecule has 1 aliphatic heterocycles.